The molecule has 0 saturated heterocycles. The van der Waals surface area contributed by atoms with Crippen molar-refractivity contribution in [3.8, 4) is 6.07 Å². The second-order valence-corrected chi connectivity index (χ2v) is 19.0. The molecule has 72 heavy (non-hydrogen) atoms. The molecule has 0 aliphatic carbocycles. The van der Waals surface area contributed by atoms with Gasteiger partial charge in [0, 0.05) is 71.8 Å². The third-order valence-electron chi connectivity index (χ3n) is 14.5. The molecule has 0 unspecified atom stereocenters. The first-order valence-corrected chi connectivity index (χ1v) is 24.1. The molecule has 0 saturated carbocycles. The van der Waals surface area contributed by atoms with Crippen LogP contribution in [0.25, 0.3) is 109 Å². The summed E-state index contributed by atoms with van der Waals surface area (Å²) in [7, 11) is 0. The molecule has 0 amide bonds. The maximum absolute atomic E-state index is 10.7. The normalized spacial score (nSPS) is 12.0. The SMILES string of the molecule is Cc1ccc(N(c2ccc3cc4c(cc3c2)oc2c4cc(C#N)c3oc4cc5cc(N(c6ccc(C)cc6)c6ccc7oc8ccccc8c7c6)ccc5cc4c32)c2ccc3oc4ccccc4c3c2)cc1. The summed E-state index contributed by atoms with van der Waals surface area (Å²) in [6.45, 7) is 4.21. The Kier molecular flexibility index (Phi) is 8.43. The van der Waals surface area contributed by atoms with Crippen LogP contribution in [0.1, 0.15) is 16.7 Å². The Hall–Kier alpha value is -9.77. The number of fused-ring (bicyclic) bond motifs is 15. The van der Waals surface area contributed by atoms with Crippen LogP contribution in [0.3, 0.4) is 0 Å². The van der Waals surface area contributed by atoms with Crippen LogP contribution in [0.15, 0.2) is 218 Å². The highest BCUT2D eigenvalue weighted by Crippen LogP contribution is 2.46. The van der Waals surface area contributed by atoms with E-state index in [-0.39, 0.29) is 0 Å². The molecule has 0 spiro atoms. The van der Waals surface area contributed by atoms with E-state index < -0.39 is 0 Å². The lowest BCUT2D eigenvalue weighted by Gasteiger charge is -2.26. The van der Waals surface area contributed by atoms with E-state index >= 15 is 0 Å². The van der Waals surface area contributed by atoms with Crippen molar-refractivity contribution in [2.24, 2.45) is 0 Å². The molecule has 0 N–H and O–H groups in total. The monoisotopic (exact) mass is 925 g/mol. The Morgan fingerprint density at radius 3 is 1.29 bits per heavy atom. The molecule has 15 aromatic rings. The molecule has 0 radical (unpaired) electrons. The van der Waals surface area contributed by atoms with Gasteiger partial charge in [0.2, 0.25) is 0 Å². The zero-order valence-electron chi connectivity index (χ0n) is 39.0. The third kappa shape index (κ3) is 6.09. The van der Waals surface area contributed by atoms with Gasteiger partial charge in [-0.15, -0.1) is 0 Å². The fraction of sp³-hybridized carbons (Fsp3) is 0.0308. The molecule has 11 aromatic carbocycles. The van der Waals surface area contributed by atoms with Crippen molar-refractivity contribution in [2.45, 2.75) is 13.8 Å². The molecular weight excluding hydrogens is 887 g/mol. The molecule has 7 nitrogen and oxygen atoms in total. The number of para-hydroxylation sites is 2. The van der Waals surface area contributed by atoms with Crippen molar-refractivity contribution in [1.82, 2.24) is 0 Å². The summed E-state index contributed by atoms with van der Waals surface area (Å²) in [5.74, 6) is 0. The lowest BCUT2D eigenvalue weighted by Crippen LogP contribution is -2.09. The van der Waals surface area contributed by atoms with Crippen LogP contribution in [0.5, 0.6) is 0 Å². The van der Waals surface area contributed by atoms with Gasteiger partial charge in [0.05, 0.1) is 10.9 Å². The lowest BCUT2D eigenvalue weighted by atomic mass is 10.0. The molecule has 4 heterocycles. The Labute approximate surface area is 411 Å². The zero-order chi connectivity index (χ0) is 47.8. The van der Waals surface area contributed by atoms with E-state index in [4.69, 9.17) is 17.7 Å². The number of aryl methyl sites for hydroxylation is 2. The zero-order valence-corrected chi connectivity index (χ0v) is 39.0. The molecular formula is C65H39N3O4. The Morgan fingerprint density at radius 2 is 0.750 bits per heavy atom. The minimum atomic E-state index is 0.459. The predicted octanol–water partition coefficient (Wildman–Crippen LogP) is 19.0. The van der Waals surface area contributed by atoms with Crippen LogP contribution in [-0.4, -0.2) is 0 Å². The molecule has 0 aliphatic rings. The van der Waals surface area contributed by atoms with E-state index in [9.17, 15) is 5.26 Å². The Bertz CT molecular complexity index is 4800. The molecule has 4 aromatic heterocycles. The highest BCUT2D eigenvalue weighted by atomic mass is 16.3. The smallest absolute Gasteiger partial charge is 0.156 e. The Morgan fingerprint density at radius 1 is 0.319 bits per heavy atom. The first-order chi connectivity index (χ1) is 35.4. The highest BCUT2D eigenvalue weighted by Gasteiger charge is 2.23. The van der Waals surface area contributed by atoms with Gasteiger partial charge in [-0.2, -0.15) is 5.26 Å². The summed E-state index contributed by atoms with van der Waals surface area (Å²) in [5.41, 5.74) is 15.0. The van der Waals surface area contributed by atoms with Gasteiger partial charge in [0.25, 0.3) is 0 Å². The minimum absolute atomic E-state index is 0.459. The van der Waals surface area contributed by atoms with E-state index in [0.29, 0.717) is 22.3 Å². The largest absolute Gasteiger partial charge is 0.456 e. The molecule has 15 rings (SSSR count). The first-order valence-electron chi connectivity index (χ1n) is 24.1. The van der Waals surface area contributed by atoms with Gasteiger partial charge < -0.3 is 27.5 Å². The van der Waals surface area contributed by atoms with Gasteiger partial charge in [-0.1, -0.05) is 83.9 Å². The number of hydrogen-bond acceptors (Lipinski definition) is 7. The van der Waals surface area contributed by atoms with Gasteiger partial charge >= 0.3 is 0 Å². The molecule has 0 bridgehead atoms. The number of hydrogen-bond donors (Lipinski definition) is 0. The summed E-state index contributed by atoms with van der Waals surface area (Å²) >= 11 is 0. The van der Waals surface area contributed by atoms with E-state index in [1.807, 2.05) is 36.4 Å². The van der Waals surface area contributed by atoms with Gasteiger partial charge in [-0.3, -0.25) is 0 Å². The van der Waals surface area contributed by atoms with E-state index in [1.165, 1.54) is 11.1 Å². The minimum Gasteiger partial charge on any atom is -0.456 e. The average molecular weight is 926 g/mol. The van der Waals surface area contributed by atoms with Crippen molar-refractivity contribution < 1.29 is 17.7 Å². The second kappa shape index (κ2) is 15.1. The molecule has 0 aliphatic heterocycles. The first kappa shape index (κ1) is 40.1. The van der Waals surface area contributed by atoms with Crippen LogP contribution in [0.4, 0.5) is 34.1 Å². The number of rotatable bonds is 6. The maximum Gasteiger partial charge on any atom is 0.156 e. The standard InChI is InChI=1S/C65H39N3O4/c1-37-11-17-44(18-12-37)67(48-23-25-59-53(34-48)50-7-3-5-9-57(50)69-59)46-21-15-39-29-52-55-31-43(36-66)64-63(65(55)72-61(52)32-41(39)27-46)56-30-40-16-22-47(28-42(40)33-62(56)71-64)68(45-19-13-38(2)14-20-45)49-24-26-60-54(35-49)51-8-4-6-10-58(51)70-60/h3-35H,1-2H3. The third-order valence-corrected chi connectivity index (χ3v) is 14.5. The van der Waals surface area contributed by atoms with Crippen LogP contribution in [0, 0.1) is 25.2 Å². The summed E-state index contributed by atoms with van der Waals surface area (Å²) in [4.78, 5) is 4.57. The summed E-state index contributed by atoms with van der Waals surface area (Å²) in [6.07, 6.45) is 0. The molecule has 338 valence electrons. The summed E-state index contributed by atoms with van der Waals surface area (Å²) in [5, 5.41) is 22.6. The lowest BCUT2D eigenvalue weighted by molar-refractivity contribution is 0.662. The van der Waals surface area contributed by atoms with E-state index in [1.54, 1.807) is 0 Å². The van der Waals surface area contributed by atoms with Crippen molar-refractivity contribution in [2.75, 3.05) is 9.80 Å². The number of furan rings is 4. The summed E-state index contributed by atoms with van der Waals surface area (Å²) < 4.78 is 26.0. The van der Waals surface area contributed by atoms with Crippen molar-refractivity contribution in [3.05, 3.63) is 217 Å². The number of nitrogens with zero attached hydrogens (tertiary/aromatic N) is 3. The van der Waals surface area contributed by atoms with Crippen LogP contribution >= 0.6 is 0 Å². The van der Waals surface area contributed by atoms with Crippen LogP contribution in [-0.2, 0) is 0 Å². The van der Waals surface area contributed by atoms with Gasteiger partial charge in [0.15, 0.2) is 5.58 Å². The number of anilines is 6. The maximum atomic E-state index is 10.7. The second-order valence-electron chi connectivity index (χ2n) is 19.0. The fourth-order valence-corrected chi connectivity index (χ4v) is 11.0. The van der Waals surface area contributed by atoms with Crippen molar-refractivity contribution >= 4 is 143 Å². The summed E-state index contributed by atoms with van der Waals surface area (Å²) in [6, 6.07) is 72.4. The topological polar surface area (TPSA) is 82.8 Å². The van der Waals surface area contributed by atoms with E-state index in [2.05, 4.69) is 194 Å². The number of benzene rings is 11. The highest BCUT2D eigenvalue weighted by molar-refractivity contribution is 6.25. The van der Waals surface area contributed by atoms with Crippen molar-refractivity contribution in [3.63, 3.8) is 0 Å². The quantitative estimate of drug-likeness (QED) is 0.164. The van der Waals surface area contributed by atoms with Crippen LogP contribution < -0.4 is 9.80 Å². The average Bonchev–Trinajstić information content (AvgIpc) is 4.18. The van der Waals surface area contributed by atoms with Crippen molar-refractivity contribution in [1.29, 1.82) is 5.26 Å². The van der Waals surface area contributed by atoms with E-state index in [0.717, 1.165) is 127 Å². The molecule has 0 fully saturated rings. The number of nitriles is 1. The van der Waals surface area contributed by atoms with Gasteiger partial charge in [-0.05, 0) is 163 Å². The molecule has 7 heteroatoms. The fourth-order valence-electron chi connectivity index (χ4n) is 11.0. The van der Waals surface area contributed by atoms with Gasteiger partial charge in [-0.25, -0.2) is 0 Å². The predicted molar refractivity (Wildman–Crippen MR) is 294 cm³/mol. The van der Waals surface area contributed by atoms with Crippen LogP contribution in [0.2, 0.25) is 0 Å². The van der Waals surface area contributed by atoms with Gasteiger partial charge in [0.1, 0.15) is 45.2 Å². The Balaban J connectivity index is 0.866. The molecule has 0 atom stereocenters.